The third kappa shape index (κ3) is 4.19. The van der Waals surface area contributed by atoms with Crippen LogP contribution in [-0.4, -0.2) is 26.8 Å². The van der Waals surface area contributed by atoms with E-state index < -0.39 is 20.0 Å². The van der Waals surface area contributed by atoms with E-state index >= 15 is 0 Å². The average Bonchev–Trinajstić information content (AvgIpc) is 2.93. The standard InChI is InChI=1S/C28H20N4O4S2/c33-37(34,25-13-3-7-19-9-5-17-29-27(19)25)31-23-15-16-24(22-12-2-1-11-21(22)23)32-38(35,36)26-14-4-8-20-10-6-18-30-28(20)26/h1-18,31-32H. The van der Waals surface area contributed by atoms with Gasteiger partial charge in [0.05, 0.1) is 22.4 Å². The normalized spacial score (nSPS) is 12.1. The number of hydrogen-bond acceptors (Lipinski definition) is 6. The second-order valence-corrected chi connectivity index (χ2v) is 11.9. The molecule has 0 aliphatic rings. The molecule has 8 nitrogen and oxygen atoms in total. The van der Waals surface area contributed by atoms with Crippen LogP contribution in [0.25, 0.3) is 32.6 Å². The number of nitrogens with zero attached hydrogens (tertiary/aromatic N) is 2. The number of anilines is 2. The number of sulfonamides is 2. The van der Waals surface area contributed by atoms with Crippen molar-refractivity contribution in [1.82, 2.24) is 9.97 Å². The highest BCUT2D eigenvalue weighted by Gasteiger charge is 2.22. The van der Waals surface area contributed by atoms with E-state index in [1.807, 2.05) is 0 Å². The Morgan fingerprint density at radius 2 is 0.895 bits per heavy atom. The fourth-order valence-corrected chi connectivity index (χ4v) is 6.98. The Labute approximate surface area is 219 Å². The molecule has 2 N–H and O–H groups in total. The zero-order valence-electron chi connectivity index (χ0n) is 19.7. The molecule has 0 radical (unpaired) electrons. The molecule has 188 valence electrons. The van der Waals surface area contributed by atoms with Crippen LogP contribution < -0.4 is 9.44 Å². The highest BCUT2D eigenvalue weighted by atomic mass is 32.2. The first-order valence-corrected chi connectivity index (χ1v) is 14.5. The van der Waals surface area contributed by atoms with E-state index in [2.05, 4.69) is 19.4 Å². The average molecular weight is 541 g/mol. The van der Waals surface area contributed by atoms with Crippen molar-refractivity contribution < 1.29 is 16.8 Å². The molecule has 38 heavy (non-hydrogen) atoms. The SMILES string of the molecule is O=S(=O)(Nc1ccc(NS(=O)(=O)c2cccc3cccnc23)c2ccccc12)c1cccc2cccnc12. The molecule has 0 spiro atoms. The van der Waals surface area contributed by atoms with Crippen molar-refractivity contribution in [1.29, 1.82) is 0 Å². The molecular formula is C28H20N4O4S2. The maximum Gasteiger partial charge on any atom is 0.264 e. The van der Waals surface area contributed by atoms with Gasteiger partial charge in [0.15, 0.2) is 0 Å². The maximum absolute atomic E-state index is 13.4. The summed E-state index contributed by atoms with van der Waals surface area (Å²) in [6, 6.07) is 27.0. The minimum absolute atomic E-state index is 0.0490. The lowest BCUT2D eigenvalue weighted by atomic mass is 10.1. The van der Waals surface area contributed by atoms with Gasteiger partial charge in [-0.25, -0.2) is 16.8 Å². The molecule has 4 aromatic carbocycles. The van der Waals surface area contributed by atoms with Gasteiger partial charge in [0.25, 0.3) is 20.0 Å². The number of rotatable bonds is 6. The van der Waals surface area contributed by atoms with Crippen molar-refractivity contribution in [3.05, 3.63) is 109 Å². The number of pyridine rings is 2. The fraction of sp³-hybridized carbons (Fsp3) is 0. The molecule has 0 atom stereocenters. The lowest BCUT2D eigenvalue weighted by Gasteiger charge is -2.16. The van der Waals surface area contributed by atoms with Gasteiger partial charge >= 0.3 is 0 Å². The summed E-state index contributed by atoms with van der Waals surface area (Å²) in [7, 11) is -8.01. The molecule has 10 heteroatoms. The topological polar surface area (TPSA) is 118 Å². The van der Waals surface area contributed by atoms with Gasteiger partial charge < -0.3 is 0 Å². The Kier molecular flexibility index (Phi) is 5.70. The van der Waals surface area contributed by atoms with Crippen molar-refractivity contribution in [3.63, 3.8) is 0 Å². The Bertz CT molecular complexity index is 1920. The molecule has 6 aromatic rings. The molecule has 2 heterocycles. The summed E-state index contributed by atoms with van der Waals surface area (Å²) in [5, 5.41) is 2.46. The second kappa shape index (κ2) is 9.09. The largest absolute Gasteiger partial charge is 0.279 e. The van der Waals surface area contributed by atoms with Gasteiger partial charge in [-0.15, -0.1) is 0 Å². The van der Waals surface area contributed by atoms with Gasteiger partial charge in [0.2, 0.25) is 0 Å². The van der Waals surface area contributed by atoms with Crippen molar-refractivity contribution in [2.24, 2.45) is 0 Å². The van der Waals surface area contributed by atoms with Gasteiger partial charge in [0, 0.05) is 33.9 Å². The quantitative estimate of drug-likeness (QED) is 0.286. The summed E-state index contributed by atoms with van der Waals surface area (Å²) < 4.78 is 59.0. The summed E-state index contributed by atoms with van der Waals surface area (Å²) >= 11 is 0. The first-order chi connectivity index (χ1) is 18.3. The first kappa shape index (κ1) is 23.8. The lowest BCUT2D eigenvalue weighted by molar-refractivity contribution is 0.600. The Balaban J connectivity index is 1.41. The van der Waals surface area contributed by atoms with Crippen LogP contribution in [-0.2, 0) is 20.0 Å². The van der Waals surface area contributed by atoms with Crippen molar-refractivity contribution in [3.8, 4) is 0 Å². The predicted octanol–water partition coefficient (Wildman–Crippen LogP) is 5.54. The number of para-hydroxylation sites is 2. The van der Waals surface area contributed by atoms with Gasteiger partial charge in [-0.05, 0) is 36.4 Å². The molecule has 0 unspecified atom stereocenters. The van der Waals surface area contributed by atoms with E-state index in [1.165, 1.54) is 24.3 Å². The molecule has 6 rings (SSSR count). The fourth-order valence-electron chi connectivity index (χ4n) is 4.46. The van der Waals surface area contributed by atoms with Crippen LogP contribution in [0.2, 0.25) is 0 Å². The van der Waals surface area contributed by atoms with Gasteiger partial charge in [0.1, 0.15) is 9.79 Å². The smallest absolute Gasteiger partial charge is 0.264 e. The monoisotopic (exact) mass is 540 g/mol. The summed E-state index contributed by atoms with van der Waals surface area (Å²) in [6.07, 6.45) is 3.09. The molecular weight excluding hydrogens is 520 g/mol. The van der Waals surface area contributed by atoms with E-state index in [9.17, 15) is 16.8 Å². The number of benzene rings is 4. The molecule has 0 aliphatic carbocycles. The molecule has 0 amide bonds. The van der Waals surface area contributed by atoms with Crippen molar-refractivity contribution >= 4 is 64.0 Å². The van der Waals surface area contributed by atoms with Crippen LogP contribution in [0.3, 0.4) is 0 Å². The number of hydrogen-bond donors (Lipinski definition) is 2. The van der Waals surface area contributed by atoms with Crippen LogP contribution in [0.1, 0.15) is 0 Å². The first-order valence-electron chi connectivity index (χ1n) is 11.6. The third-order valence-electron chi connectivity index (χ3n) is 6.18. The van der Waals surface area contributed by atoms with E-state index in [0.29, 0.717) is 44.0 Å². The molecule has 0 fully saturated rings. The third-order valence-corrected chi connectivity index (χ3v) is 8.98. The summed E-state index contributed by atoms with van der Waals surface area (Å²) in [5.74, 6) is 0. The van der Waals surface area contributed by atoms with Crippen molar-refractivity contribution in [2.45, 2.75) is 9.79 Å². The Morgan fingerprint density at radius 1 is 0.474 bits per heavy atom. The summed E-state index contributed by atoms with van der Waals surface area (Å²) in [6.45, 7) is 0. The van der Waals surface area contributed by atoms with Gasteiger partial charge in [-0.1, -0.05) is 60.7 Å². The van der Waals surface area contributed by atoms with E-state index in [-0.39, 0.29) is 9.79 Å². The highest BCUT2D eigenvalue weighted by Crippen LogP contribution is 2.34. The molecule has 0 saturated carbocycles. The van der Waals surface area contributed by atoms with Crippen LogP contribution >= 0.6 is 0 Å². The molecule has 2 aromatic heterocycles. The lowest BCUT2D eigenvalue weighted by Crippen LogP contribution is -2.16. The number of fused-ring (bicyclic) bond motifs is 3. The minimum atomic E-state index is -4.01. The minimum Gasteiger partial charge on any atom is -0.279 e. The zero-order chi connectivity index (χ0) is 26.3. The van der Waals surface area contributed by atoms with Gasteiger partial charge in [-0.3, -0.25) is 19.4 Å². The number of aromatic nitrogens is 2. The van der Waals surface area contributed by atoms with E-state index in [1.54, 1.807) is 85.2 Å². The van der Waals surface area contributed by atoms with Crippen LogP contribution in [0.4, 0.5) is 11.4 Å². The number of nitrogens with one attached hydrogen (secondary N) is 2. The van der Waals surface area contributed by atoms with Crippen LogP contribution in [0.5, 0.6) is 0 Å². The second-order valence-electron chi connectivity index (χ2n) is 8.58. The zero-order valence-corrected chi connectivity index (χ0v) is 21.4. The predicted molar refractivity (Wildman–Crippen MR) is 149 cm³/mol. The highest BCUT2D eigenvalue weighted by molar-refractivity contribution is 7.93. The van der Waals surface area contributed by atoms with E-state index in [4.69, 9.17) is 0 Å². The van der Waals surface area contributed by atoms with Crippen LogP contribution in [0, 0.1) is 0 Å². The van der Waals surface area contributed by atoms with Crippen molar-refractivity contribution in [2.75, 3.05) is 9.44 Å². The Hall–Kier alpha value is -4.54. The van der Waals surface area contributed by atoms with Gasteiger partial charge in [-0.2, -0.15) is 0 Å². The molecule has 0 saturated heterocycles. The summed E-state index contributed by atoms with van der Waals surface area (Å²) in [4.78, 5) is 8.61. The molecule has 0 aliphatic heterocycles. The Morgan fingerprint density at radius 3 is 1.34 bits per heavy atom. The maximum atomic E-state index is 13.4. The molecule has 0 bridgehead atoms. The van der Waals surface area contributed by atoms with Crippen LogP contribution in [0.15, 0.2) is 119 Å². The summed E-state index contributed by atoms with van der Waals surface area (Å²) in [5.41, 5.74) is 1.34. The van der Waals surface area contributed by atoms with E-state index in [0.717, 1.165) is 0 Å².